The van der Waals surface area contributed by atoms with Gasteiger partial charge in [-0.05, 0) is 44.5 Å². The van der Waals surface area contributed by atoms with Crippen LogP contribution in [-0.4, -0.2) is 39.7 Å². The molecule has 0 bridgehead atoms. The predicted octanol–water partition coefficient (Wildman–Crippen LogP) is 3.68. The van der Waals surface area contributed by atoms with Gasteiger partial charge in [-0.1, -0.05) is 0 Å². The van der Waals surface area contributed by atoms with E-state index in [2.05, 4.69) is 46.0 Å². The Morgan fingerprint density at radius 1 is 1.04 bits per heavy atom. The molecule has 0 unspecified atom stereocenters. The third kappa shape index (κ3) is 12.7. The Morgan fingerprint density at radius 2 is 1.39 bits per heavy atom. The molecule has 0 atom stereocenters. The number of carbonyl (C=O) groups excluding carboxylic acids is 1. The molecule has 0 aliphatic carbocycles. The van der Waals surface area contributed by atoms with Gasteiger partial charge >= 0.3 is 28.6 Å². The molecule has 0 aliphatic heterocycles. The van der Waals surface area contributed by atoms with Crippen LogP contribution in [0, 0.1) is 19.4 Å². The molecule has 7 heteroatoms. The van der Waals surface area contributed by atoms with Crippen LogP contribution >= 0.6 is 15.8 Å². The normalized spacial score (nSPS) is 8.83. The number of hydrogen-bond donors (Lipinski definition) is 0. The summed E-state index contributed by atoms with van der Waals surface area (Å²) in [5.41, 5.74) is 2.94. The van der Waals surface area contributed by atoms with Gasteiger partial charge < -0.3 is 4.74 Å². The van der Waals surface area contributed by atoms with Gasteiger partial charge in [-0.3, -0.25) is 0 Å². The maximum Gasteiger partial charge on any atom is 0 e. The monoisotopic (exact) mass is 532 g/mol. The zero-order valence-corrected chi connectivity index (χ0v) is 18.1. The summed E-state index contributed by atoms with van der Waals surface area (Å²) in [7, 11) is 1.38. The third-order valence-corrected chi connectivity index (χ3v) is 4.32. The third-order valence-electron chi connectivity index (χ3n) is 2.37. The largest absolute Gasteiger partial charge is 0 e. The van der Waals surface area contributed by atoms with Crippen LogP contribution in [0.3, 0.4) is 0 Å². The van der Waals surface area contributed by atoms with Crippen LogP contribution in [0.2, 0.25) is 0 Å². The molecule has 0 N–H and O–H groups in total. The number of hydrogen-bond acceptors (Lipinski definition) is 2. The van der Waals surface area contributed by atoms with E-state index in [1.54, 1.807) is 0 Å². The number of carbonyl (C=O) groups is 1. The van der Waals surface area contributed by atoms with Crippen LogP contribution in [0.15, 0.2) is 12.1 Å². The Hall–Kier alpha value is -0.321. The second kappa shape index (κ2) is 16.5. The Labute approximate surface area is 155 Å². The molecule has 0 spiro atoms. The van der Waals surface area contributed by atoms with Crippen molar-refractivity contribution in [1.29, 1.82) is 0 Å². The van der Waals surface area contributed by atoms with E-state index in [-0.39, 0.29) is 41.9 Å². The molecule has 23 heavy (non-hydrogen) atoms. The van der Waals surface area contributed by atoms with Crippen molar-refractivity contribution in [2.45, 2.75) is 12.3 Å². The molecule has 1 rings (SSSR count). The second-order valence-electron chi connectivity index (χ2n) is 4.89. The first-order chi connectivity index (χ1) is 10.4. The molecule has 129 valence electrons. The van der Waals surface area contributed by atoms with E-state index >= 15 is 0 Å². The van der Waals surface area contributed by atoms with Crippen LogP contribution in [0.1, 0.15) is 21.5 Å². The SMILES string of the molecule is COC(=O)c1cc(CP(C)C)[c-]c(CP(C)C)c1.[C-]#[O+].[C-]#[O+].[Ir]. The number of ether oxygens (including phenoxy) is 1. The van der Waals surface area contributed by atoms with E-state index in [4.69, 9.17) is 14.0 Å². The number of rotatable bonds is 5. The van der Waals surface area contributed by atoms with Crippen LogP contribution in [0.5, 0.6) is 0 Å². The molecule has 0 amide bonds. The quantitative estimate of drug-likeness (QED) is 0.252. The molecule has 0 fully saturated rings. The average molecular weight is 532 g/mol. The minimum absolute atomic E-state index is 0. The molecule has 0 aliphatic rings. The topological polar surface area (TPSA) is 66.1 Å². The first-order valence-corrected chi connectivity index (χ1v) is 11.1. The molecule has 1 aromatic rings. The first kappa shape index (κ1) is 27.5. The fourth-order valence-electron chi connectivity index (χ4n) is 1.78. The summed E-state index contributed by atoms with van der Waals surface area (Å²) in [6.07, 6.45) is 2.02. The van der Waals surface area contributed by atoms with Crippen molar-refractivity contribution < 1.29 is 38.9 Å². The number of benzene rings is 1. The van der Waals surface area contributed by atoms with Gasteiger partial charge in [0.1, 0.15) is 0 Å². The zero-order valence-electron chi connectivity index (χ0n) is 13.9. The average Bonchev–Trinajstić information content (AvgIpc) is 2.48. The van der Waals surface area contributed by atoms with Gasteiger partial charge in [-0.2, -0.15) is 29.3 Å². The van der Waals surface area contributed by atoms with Gasteiger partial charge in [-0.25, -0.2) is 4.79 Å². The zero-order chi connectivity index (χ0) is 17.7. The number of methoxy groups -OCH3 is 1. The maximum atomic E-state index is 11.7. The van der Waals surface area contributed by atoms with Crippen molar-refractivity contribution in [2.75, 3.05) is 33.8 Å². The molecule has 4 nitrogen and oxygen atoms in total. The van der Waals surface area contributed by atoms with Crippen LogP contribution in [-0.2, 0) is 46.5 Å². The van der Waals surface area contributed by atoms with E-state index in [1.807, 2.05) is 12.1 Å². The summed E-state index contributed by atoms with van der Waals surface area (Å²) in [6, 6.07) is 7.29. The summed E-state index contributed by atoms with van der Waals surface area (Å²) in [4.78, 5) is 11.7. The minimum Gasteiger partial charge on any atom is 0 e. The van der Waals surface area contributed by atoms with Crippen LogP contribution in [0.4, 0.5) is 0 Å². The summed E-state index contributed by atoms with van der Waals surface area (Å²) >= 11 is 0. The van der Waals surface area contributed by atoms with Crippen molar-refractivity contribution in [3.05, 3.63) is 48.2 Å². The van der Waals surface area contributed by atoms with Crippen LogP contribution < -0.4 is 0 Å². The summed E-state index contributed by atoms with van der Waals surface area (Å²) in [5.74, 6) is -0.250. The minimum atomic E-state index is -0.250. The molecular weight excluding hydrogens is 510 g/mol. The fourth-order valence-corrected chi connectivity index (χ4v) is 3.49. The molecule has 0 aromatic heterocycles. The molecule has 1 aromatic carbocycles. The fraction of sp³-hybridized carbons (Fsp3) is 0.438. The molecule has 0 saturated carbocycles. The van der Waals surface area contributed by atoms with Crippen molar-refractivity contribution in [3.63, 3.8) is 0 Å². The number of esters is 1. The van der Waals surface area contributed by atoms with Crippen molar-refractivity contribution in [3.8, 4) is 0 Å². The van der Waals surface area contributed by atoms with Crippen molar-refractivity contribution in [1.82, 2.24) is 0 Å². The van der Waals surface area contributed by atoms with E-state index in [1.165, 1.54) is 7.11 Å². The summed E-state index contributed by atoms with van der Waals surface area (Å²) < 4.78 is 19.8. The van der Waals surface area contributed by atoms with Gasteiger partial charge in [0.15, 0.2) is 0 Å². The smallest absolute Gasteiger partial charge is 0 e. The van der Waals surface area contributed by atoms with Gasteiger partial charge in [0.2, 0.25) is 0 Å². The first-order valence-electron chi connectivity index (χ1n) is 6.26. The van der Waals surface area contributed by atoms with Gasteiger partial charge in [0, 0.05) is 20.1 Å². The Bertz CT molecular complexity index is 465. The van der Waals surface area contributed by atoms with Gasteiger partial charge in [0.05, 0.1) is 7.11 Å². The standard InChI is InChI=1S/C14H21O2P2.2CO.Ir/c1-16-14(15)13-7-11(9-17(2)3)6-12(8-13)10-18(4)5;2*1-2;/h7-8H,9-10H2,1-5H3;;;/q-1;;;. The van der Waals surface area contributed by atoms with E-state index in [9.17, 15) is 4.79 Å². The molecule has 0 heterocycles. The summed E-state index contributed by atoms with van der Waals surface area (Å²) in [5, 5.41) is 0. The van der Waals surface area contributed by atoms with Crippen molar-refractivity contribution >= 4 is 21.8 Å². The summed E-state index contributed by atoms with van der Waals surface area (Å²) in [6.45, 7) is 17.9. The Kier molecular flexibility index (Phi) is 19.8. The second-order valence-corrected chi connectivity index (χ2v) is 9.84. The van der Waals surface area contributed by atoms with E-state index in [0.29, 0.717) is 5.56 Å². The Balaban J connectivity index is -0.000000739. The predicted molar refractivity (Wildman–Crippen MR) is 89.4 cm³/mol. The van der Waals surface area contributed by atoms with E-state index < -0.39 is 0 Å². The van der Waals surface area contributed by atoms with Gasteiger partial charge in [-0.15, -0.1) is 15.8 Å². The molecule has 0 saturated heterocycles. The molecular formula is C16H21IrO4P2-. The maximum absolute atomic E-state index is 11.7. The van der Waals surface area contributed by atoms with Crippen molar-refractivity contribution in [2.24, 2.45) is 0 Å². The van der Waals surface area contributed by atoms with Crippen LogP contribution in [0.25, 0.3) is 0 Å². The van der Waals surface area contributed by atoms with E-state index in [0.717, 1.165) is 23.5 Å². The molecule has 1 radical (unpaired) electrons. The van der Waals surface area contributed by atoms with Gasteiger partial charge in [0.25, 0.3) is 0 Å². The Morgan fingerprint density at radius 3 is 1.65 bits per heavy atom.